The van der Waals surface area contributed by atoms with Crippen LogP contribution in [0.1, 0.15) is 33.1 Å². The number of likely N-dealkylation sites (N-methyl/N-ethyl adjacent to an activating group) is 1. The molecule has 2 fully saturated rings. The van der Waals surface area contributed by atoms with E-state index < -0.39 is 48.0 Å². The first kappa shape index (κ1) is 24.6. The molecule has 11 heteroatoms. The van der Waals surface area contributed by atoms with Gasteiger partial charge in [-0.3, -0.25) is 9.59 Å². The van der Waals surface area contributed by atoms with Gasteiger partial charge in [0.25, 0.3) is 0 Å². The Morgan fingerprint density at radius 2 is 2.03 bits per heavy atom. The average molecular weight is 431 g/mol. The quantitative estimate of drug-likeness (QED) is 0.246. The molecule has 1 unspecified atom stereocenters. The number of β-lactam (4-membered cyclic amide) rings is 1. The summed E-state index contributed by atoms with van der Waals surface area (Å²) in [5.74, 6) is -3.37. The molecule has 3 amide bonds. The normalized spacial score (nSPS) is 27.9. The van der Waals surface area contributed by atoms with Crippen LogP contribution in [0.25, 0.3) is 0 Å². The van der Waals surface area contributed by atoms with Gasteiger partial charge in [-0.2, -0.15) is 0 Å². The van der Waals surface area contributed by atoms with Gasteiger partial charge in [0, 0.05) is 13.0 Å². The molecule has 1 aliphatic carbocycles. The van der Waals surface area contributed by atoms with Crippen LogP contribution in [0.5, 0.6) is 0 Å². The Labute approximate surface area is 196 Å². The fourth-order valence-electron chi connectivity index (χ4n) is 4.87. The Kier molecular flexibility index (Phi) is 7.95. The zero-order valence-electron chi connectivity index (χ0n) is 17.7. The SMILES string of the molecule is CCOC(=O)CNC(=O)N(C)[C@H]1CCC[C@H]2C1=C(C(=O)[O-])N1C(=O)[C@H](C(C)O)[C@@H]21.[Na+]. The zero-order chi connectivity index (χ0) is 21.5. The van der Waals surface area contributed by atoms with E-state index in [1.807, 2.05) is 0 Å². The van der Waals surface area contributed by atoms with E-state index in [0.29, 0.717) is 18.4 Å². The molecule has 1 saturated heterocycles. The number of carbonyl (C=O) groups excluding carboxylic acids is 4. The van der Waals surface area contributed by atoms with Gasteiger partial charge in [0.2, 0.25) is 5.91 Å². The number of aliphatic hydroxyl groups excluding tert-OH is 1. The van der Waals surface area contributed by atoms with Crippen LogP contribution in [0.15, 0.2) is 11.3 Å². The van der Waals surface area contributed by atoms with Gasteiger partial charge in [-0.05, 0) is 32.3 Å². The first-order chi connectivity index (χ1) is 13.7. The van der Waals surface area contributed by atoms with Crippen molar-refractivity contribution < 1.29 is 63.7 Å². The topological polar surface area (TPSA) is 139 Å². The second-order valence-electron chi connectivity index (χ2n) is 7.68. The van der Waals surface area contributed by atoms with E-state index >= 15 is 0 Å². The third-order valence-electron chi connectivity index (χ3n) is 6.06. The summed E-state index contributed by atoms with van der Waals surface area (Å²) < 4.78 is 4.78. The monoisotopic (exact) mass is 431 g/mol. The van der Waals surface area contributed by atoms with E-state index in [4.69, 9.17) is 4.74 Å². The molecule has 3 aliphatic rings. The Morgan fingerprint density at radius 3 is 2.60 bits per heavy atom. The van der Waals surface area contributed by atoms with E-state index in [-0.39, 0.29) is 54.3 Å². The van der Waals surface area contributed by atoms with Crippen LogP contribution < -0.4 is 40.0 Å². The van der Waals surface area contributed by atoms with Crippen molar-refractivity contribution in [3.05, 3.63) is 11.3 Å². The number of esters is 1. The molecule has 5 atom stereocenters. The van der Waals surface area contributed by atoms with E-state index in [1.165, 1.54) is 23.8 Å². The number of rotatable bonds is 6. The Bertz CT molecular complexity index is 769. The van der Waals surface area contributed by atoms with Crippen LogP contribution in [0.4, 0.5) is 4.79 Å². The van der Waals surface area contributed by atoms with Crippen LogP contribution in [-0.4, -0.2) is 77.2 Å². The number of aliphatic carboxylic acids is 1. The number of ether oxygens (including phenoxy) is 1. The van der Waals surface area contributed by atoms with E-state index in [2.05, 4.69) is 5.32 Å². The van der Waals surface area contributed by atoms with E-state index in [0.717, 1.165) is 6.42 Å². The van der Waals surface area contributed by atoms with Crippen LogP contribution in [0.2, 0.25) is 0 Å². The molecule has 30 heavy (non-hydrogen) atoms. The Morgan fingerprint density at radius 1 is 1.37 bits per heavy atom. The summed E-state index contributed by atoms with van der Waals surface area (Å²) in [7, 11) is 1.52. The third-order valence-corrected chi connectivity index (χ3v) is 6.06. The molecule has 0 bridgehead atoms. The van der Waals surface area contributed by atoms with Crippen LogP contribution in [0, 0.1) is 11.8 Å². The van der Waals surface area contributed by atoms with Crippen molar-refractivity contribution in [1.29, 1.82) is 0 Å². The number of carboxylic acids is 1. The number of hydrogen-bond donors (Lipinski definition) is 2. The number of carboxylic acid groups (broad SMARTS) is 1. The molecule has 0 radical (unpaired) electrons. The second-order valence-corrected chi connectivity index (χ2v) is 7.68. The van der Waals surface area contributed by atoms with Gasteiger partial charge in [-0.1, -0.05) is 6.42 Å². The fourth-order valence-corrected chi connectivity index (χ4v) is 4.87. The molecule has 0 aromatic rings. The minimum absolute atomic E-state index is 0. The molecule has 2 N–H and O–H groups in total. The fraction of sp³-hybridized carbons (Fsp3) is 0.684. The van der Waals surface area contributed by atoms with Crippen LogP contribution >= 0.6 is 0 Å². The Balaban J connectivity index is 0.00000320. The summed E-state index contributed by atoms with van der Waals surface area (Å²) in [4.78, 5) is 51.0. The smallest absolute Gasteiger partial charge is 0.543 e. The molecule has 160 valence electrons. The predicted molar refractivity (Wildman–Crippen MR) is 96.8 cm³/mol. The van der Waals surface area contributed by atoms with Crippen LogP contribution in [-0.2, 0) is 19.1 Å². The number of hydrogen-bond acceptors (Lipinski definition) is 7. The molecule has 0 aromatic carbocycles. The molecule has 0 aromatic heterocycles. The summed E-state index contributed by atoms with van der Waals surface area (Å²) in [5.41, 5.74) is 0.308. The van der Waals surface area contributed by atoms with Crippen molar-refractivity contribution in [3.8, 4) is 0 Å². The van der Waals surface area contributed by atoms with E-state index in [9.17, 15) is 29.4 Å². The second kappa shape index (κ2) is 9.67. The van der Waals surface area contributed by atoms with E-state index in [1.54, 1.807) is 6.92 Å². The van der Waals surface area contributed by atoms with Crippen molar-refractivity contribution in [2.24, 2.45) is 11.8 Å². The summed E-state index contributed by atoms with van der Waals surface area (Å²) in [6.07, 6.45) is 1.04. The van der Waals surface area contributed by atoms with Gasteiger partial charge in [-0.25, -0.2) is 4.79 Å². The maximum absolute atomic E-state index is 12.5. The number of carbonyl (C=O) groups is 4. The maximum atomic E-state index is 12.5. The molecular formula is C19H26N3NaO7. The number of amides is 3. The van der Waals surface area contributed by atoms with Crippen molar-refractivity contribution in [1.82, 2.24) is 15.1 Å². The minimum atomic E-state index is -1.46. The first-order valence-corrected chi connectivity index (χ1v) is 9.83. The van der Waals surface area contributed by atoms with Crippen molar-refractivity contribution in [2.45, 2.75) is 51.3 Å². The molecule has 2 heterocycles. The summed E-state index contributed by atoms with van der Waals surface area (Å²) in [6, 6.07) is -1.51. The number of nitrogens with zero attached hydrogens (tertiary/aromatic N) is 2. The minimum Gasteiger partial charge on any atom is -0.543 e. The van der Waals surface area contributed by atoms with Crippen molar-refractivity contribution >= 4 is 23.9 Å². The summed E-state index contributed by atoms with van der Waals surface area (Å²) in [5, 5.41) is 24.3. The zero-order valence-corrected chi connectivity index (χ0v) is 19.7. The molecule has 2 aliphatic heterocycles. The van der Waals surface area contributed by atoms with Gasteiger partial charge in [0.15, 0.2) is 0 Å². The van der Waals surface area contributed by atoms with Gasteiger partial charge in [-0.15, -0.1) is 0 Å². The Hall–Kier alpha value is -1.62. The first-order valence-electron chi connectivity index (χ1n) is 9.83. The number of aliphatic hydroxyl groups is 1. The third kappa shape index (κ3) is 4.10. The molecule has 10 nitrogen and oxygen atoms in total. The van der Waals surface area contributed by atoms with Crippen LogP contribution in [0.3, 0.4) is 0 Å². The number of urea groups is 1. The molecular weight excluding hydrogens is 405 g/mol. The van der Waals surface area contributed by atoms with Gasteiger partial charge >= 0.3 is 41.6 Å². The van der Waals surface area contributed by atoms with Gasteiger partial charge < -0.3 is 34.9 Å². The maximum Gasteiger partial charge on any atom is 1.00 e. The molecule has 0 spiro atoms. The van der Waals surface area contributed by atoms with Gasteiger partial charge in [0.1, 0.15) is 6.54 Å². The summed E-state index contributed by atoms with van der Waals surface area (Å²) in [6.45, 7) is 3.09. The standard InChI is InChI=1S/C19H27N3O7.Na/c1-4-29-12(24)8-20-19(28)21(3)11-7-5-6-10-14(11)16(18(26)27)22-15(10)13(9(2)23)17(22)25;/h9-11,13,15,23H,4-8H2,1-3H3,(H,20,28)(H,26,27);/q;+1/p-1/t9?,10-,11-,13+,15+;/m0./s1. The van der Waals surface area contributed by atoms with Crippen molar-refractivity contribution in [3.63, 3.8) is 0 Å². The molecule has 1 saturated carbocycles. The average Bonchev–Trinajstić information content (AvgIpc) is 2.96. The summed E-state index contributed by atoms with van der Waals surface area (Å²) >= 11 is 0. The number of nitrogens with one attached hydrogen (secondary N) is 1. The van der Waals surface area contributed by atoms with Gasteiger partial charge in [0.05, 0.1) is 42.4 Å². The predicted octanol–water partition coefficient (Wildman–Crippen LogP) is -4.41. The number of fused-ring (bicyclic) bond motifs is 3. The molecule has 3 rings (SSSR count). The largest absolute Gasteiger partial charge is 1.00 e. The van der Waals surface area contributed by atoms with Crippen molar-refractivity contribution in [2.75, 3.05) is 20.2 Å².